The maximum absolute atomic E-state index is 12.6. The molecule has 8 heteroatoms. The third-order valence-corrected chi connectivity index (χ3v) is 5.06. The Morgan fingerprint density at radius 1 is 1.11 bits per heavy atom. The monoisotopic (exact) mass is 392 g/mol. The number of hydrogen-bond acceptors (Lipinski definition) is 5. The third-order valence-electron chi connectivity index (χ3n) is 4.15. The molecule has 0 saturated heterocycles. The van der Waals surface area contributed by atoms with Crippen LogP contribution in [0.5, 0.6) is 5.75 Å². The molecular formula is C19H24N2O5S. The van der Waals surface area contributed by atoms with E-state index < -0.39 is 20.9 Å². The zero-order valence-electron chi connectivity index (χ0n) is 15.5. The smallest absolute Gasteiger partial charge is 0.295 e. The SMILES string of the molecule is COc1ccccc1NCC(NC(=O)c1ccccc1S(=O)(=O)O)C(C)C. The number of ether oxygens (including phenoxy) is 1. The van der Waals surface area contributed by atoms with Crippen molar-refractivity contribution in [1.29, 1.82) is 0 Å². The van der Waals surface area contributed by atoms with E-state index in [0.29, 0.717) is 12.3 Å². The molecule has 2 aromatic carbocycles. The highest BCUT2D eigenvalue weighted by Gasteiger charge is 2.23. The molecule has 1 amide bonds. The van der Waals surface area contributed by atoms with Gasteiger partial charge in [0, 0.05) is 12.6 Å². The number of nitrogens with one attached hydrogen (secondary N) is 2. The van der Waals surface area contributed by atoms with Crippen LogP contribution in [0.4, 0.5) is 5.69 Å². The van der Waals surface area contributed by atoms with Crippen molar-refractivity contribution in [2.75, 3.05) is 19.0 Å². The van der Waals surface area contributed by atoms with Crippen molar-refractivity contribution in [3.8, 4) is 5.75 Å². The second-order valence-electron chi connectivity index (χ2n) is 6.38. The van der Waals surface area contributed by atoms with Gasteiger partial charge in [0.2, 0.25) is 0 Å². The van der Waals surface area contributed by atoms with Gasteiger partial charge in [-0.15, -0.1) is 0 Å². The van der Waals surface area contributed by atoms with Crippen LogP contribution in [0.3, 0.4) is 0 Å². The third kappa shape index (κ3) is 5.45. The number of carbonyl (C=O) groups is 1. The number of rotatable bonds is 8. The summed E-state index contributed by atoms with van der Waals surface area (Å²) < 4.78 is 37.7. The highest BCUT2D eigenvalue weighted by Crippen LogP contribution is 2.23. The van der Waals surface area contributed by atoms with Gasteiger partial charge >= 0.3 is 0 Å². The van der Waals surface area contributed by atoms with Gasteiger partial charge in [-0.3, -0.25) is 9.35 Å². The number of carbonyl (C=O) groups excluding carboxylic acids is 1. The van der Waals surface area contributed by atoms with Gasteiger partial charge in [-0.2, -0.15) is 8.42 Å². The molecule has 2 aromatic rings. The van der Waals surface area contributed by atoms with Gasteiger partial charge in [0.15, 0.2) is 0 Å². The average molecular weight is 392 g/mol. The molecule has 7 nitrogen and oxygen atoms in total. The van der Waals surface area contributed by atoms with E-state index in [1.165, 1.54) is 18.2 Å². The molecule has 27 heavy (non-hydrogen) atoms. The number of methoxy groups -OCH3 is 1. The van der Waals surface area contributed by atoms with Crippen LogP contribution in [0.2, 0.25) is 0 Å². The van der Waals surface area contributed by atoms with Gasteiger partial charge in [-0.1, -0.05) is 38.1 Å². The Labute approximate surface area is 159 Å². The number of amides is 1. The molecule has 0 fully saturated rings. The fourth-order valence-corrected chi connectivity index (χ4v) is 3.28. The summed E-state index contributed by atoms with van der Waals surface area (Å²) in [7, 11) is -2.91. The molecule has 0 aromatic heterocycles. The molecule has 2 rings (SSSR count). The molecule has 0 saturated carbocycles. The zero-order valence-corrected chi connectivity index (χ0v) is 16.3. The van der Waals surface area contributed by atoms with Crippen LogP contribution in [-0.4, -0.2) is 38.6 Å². The predicted molar refractivity (Wildman–Crippen MR) is 104 cm³/mol. The van der Waals surface area contributed by atoms with Crippen LogP contribution in [0.25, 0.3) is 0 Å². The van der Waals surface area contributed by atoms with Crippen molar-refractivity contribution in [1.82, 2.24) is 5.32 Å². The summed E-state index contributed by atoms with van der Waals surface area (Å²) >= 11 is 0. The highest BCUT2D eigenvalue weighted by atomic mass is 32.2. The van der Waals surface area contributed by atoms with E-state index in [1.807, 2.05) is 38.1 Å². The fraction of sp³-hybridized carbons (Fsp3) is 0.316. The average Bonchev–Trinajstić information content (AvgIpc) is 2.64. The van der Waals surface area contributed by atoms with Crippen molar-refractivity contribution < 1.29 is 22.5 Å². The molecule has 0 radical (unpaired) electrons. The van der Waals surface area contributed by atoms with Gasteiger partial charge in [0.1, 0.15) is 10.6 Å². The summed E-state index contributed by atoms with van der Waals surface area (Å²) in [6, 6.07) is 12.7. The first-order valence-corrected chi connectivity index (χ1v) is 9.92. The first kappa shape index (κ1) is 20.7. The van der Waals surface area contributed by atoms with Crippen LogP contribution in [0.15, 0.2) is 53.4 Å². The number of anilines is 1. The number of benzene rings is 2. The van der Waals surface area contributed by atoms with E-state index in [9.17, 15) is 17.8 Å². The maximum atomic E-state index is 12.6. The minimum Gasteiger partial charge on any atom is -0.495 e. The molecule has 0 bridgehead atoms. The Bertz CT molecular complexity index is 896. The van der Waals surface area contributed by atoms with Crippen LogP contribution in [0, 0.1) is 5.92 Å². The molecule has 0 spiro atoms. The second kappa shape index (κ2) is 8.88. The Hall–Kier alpha value is -2.58. The maximum Gasteiger partial charge on any atom is 0.295 e. The molecule has 0 aliphatic rings. The quantitative estimate of drug-likeness (QED) is 0.597. The lowest BCUT2D eigenvalue weighted by Gasteiger charge is -2.24. The molecule has 146 valence electrons. The minimum absolute atomic E-state index is 0.0778. The Balaban J connectivity index is 2.16. The molecule has 0 heterocycles. The van der Waals surface area contributed by atoms with Crippen LogP contribution < -0.4 is 15.4 Å². The minimum atomic E-state index is -4.49. The molecule has 3 N–H and O–H groups in total. The van der Waals surface area contributed by atoms with Crippen molar-refractivity contribution in [3.05, 3.63) is 54.1 Å². The van der Waals surface area contributed by atoms with E-state index >= 15 is 0 Å². The molecule has 0 aliphatic carbocycles. The van der Waals surface area contributed by atoms with Crippen LogP contribution in [0.1, 0.15) is 24.2 Å². The summed E-state index contributed by atoms with van der Waals surface area (Å²) in [6.07, 6.45) is 0. The first-order valence-electron chi connectivity index (χ1n) is 8.48. The summed E-state index contributed by atoms with van der Waals surface area (Å²) in [6.45, 7) is 4.31. The molecule has 1 unspecified atom stereocenters. The first-order chi connectivity index (χ1) is 12.7. The van der Waals surface area contributed by atoms with E-state index in [0.717, 1.165) is 5.69 Å². The van der Waals surface area contributed by atoms with Gasteiger partial charge in [0.05, 0.1) is 18.4 Å². The van der Waals surface area contributed by atoms with Gasteiger partial charge < -0.3 is 15.4 Å². The van der Waals surface area contributed by atoms with E-state index in [1.54, 1.807) is 13.2 Å². The van der Waals surface area contributed by atoms with E-state index in [4.69, 9.17) is 4.74 Å². The molecule has 0 aliphatic heterocycles. The summed E-state index contributed by atoms with van der Waals surface area (Å²) in [5.74, 6) is 0.195. The van der Waals surface area contributed by atoms with Crippen molar-refractivity contribution in [3.63, 3.8) is 0 Å². The lowest BCUT2D eigenvalue weighted by Crippen LogP contribution is -2.43. The van der Waals surface area contributed by atoms with E-state index in [2.05, 4.69) is 10.6 Å². The number of hydrogen-bond donors (Lipinski definition) is 3. The van der Waals surface area contributed by atoms with Gasteiger partial charge in [-0.05, 0) is 30.2 Å². The highest BCUT2D eigenvalue weighted by molar-refractivity contribution is 7.86. The Morgan fingerprint density at radius 3 is 2.37 bits per heavy atom. The van der Waals surface area contributed by atoms with Gasteiger partial charge in [0.25, 0.3) is 16.0 Å². The van der Waals surface area contributed by atoms with Crippen molar-refractivity contribution >= 4 is 21.7 Å². The predicted octanol–water partition coefficient (Wildman–Crippen LogP) is 2.81. The summed E-state index contributed by atoms with van der Waals surface area (Å²) in [4.78, 5) is 12.2. The second-order valence-corrected chi connectivity index (χ2v) is 7.77. The number of para-hydroxylation sites is 2. The van der Waals surface area contributed by atoms with Crippen molar-refractivity contribution in [2.24, 2.45) is 5.92 Å². The van der Waals surface area contributed by atoms with E-state index in [-0.39, 0.29) is 17.5 Å². The molecular weight excluding hydrogens is 368 g/mol. The largest absolute Gasteiger partial charge is 0.495 e. The Kier molecular flexibility index (Phi) is 6.81. The lowest BCUT2D eigenvalue weighted by atomic mass is 10.0. The normalized spacial score (nSPS) is 12.5. The van der Waals surface area contributed by atoms with Gasteiger partial charge in [-0.25, -0.2) is 0 Å². The fourth-order valence-electron chi connectivity index (χ4n) is 2.59. The topological polar surface area (TPSA) is 105 Å². The van der Waals surface area contributed by atoms with Crippen LogP contribution >= 0.6 is 0 Å². The molecule has 1 atom stereocenters. The van der Waals surface area contributed by atoms with Crippen molar-refractivity contribution in [2.45, 2.75) is 24.8 Å². The standard InChI is InChI=1S/C19H24N2O5S/c1-13(2)16(12-20-15-9-5-6-10-17(15)26-3)21-19(22)14-8-4-7-11-18(14)27(23,24)25/h4-11,13,16,20H,12H2,1-3H3,(H,21,22)(H,23,24,25). The zero-order chi connectivity index (χ0) is 20.0. The van der Waals surface area contributed by atoms with Crippen LogP contribution in [-0.2, 0) is 10.1 Å². The Morgan fingerprint density at radius 2 is 1.74 bits per heavy atom. The lowest BCUT2D eigenvalue weighted by molar-refractivity contribution is 0.0925. The summed E-state index contributed by atoms with van der Waals surface area (Å²) in [5, 5.41) is 6.08. The summed E-state index contributed by atoms with van der Waals surface area (Å²) in [5.41, 5.74) is 0.696.